The van der Waals surface area contributed by atoms with Gasteiger partial charge in [0.05, 0.1) is 12.7 Å². The van der Waals surface area contributed by atoms with Crippen molar-refractivity contribution in [2.45, 2.75) is 24.9 Å². The molecule has 1 saturated heterocycles. The van der Waals surface area contributed by atoms with Crippen LogP contribution in [-0.4, -0.2) is 30.5 Å². The predicted molar refractivity (Wildman–Crippen MR) is 68.7 cm³/mol. The topological polar surface area (TPSA) is 62.5 Å². The molecule has 0 aliphatic carbocycles. The first-order chi connectivity index (χ1) is 9.19. The lowest BCUT2D eigenvalue weighted by Gasteiger charge is -2.46. The Morgan fingerprint density at radius 2 is 2.11 bits per heavy atom. The number of benzene rings is 1. The Labute approximate surface area is 112 Å². The van der Waals surface area contributed by atoms with Crippen LogP contribution in [0.3, 0.4) is 0 Å². The third-order valence-electron chi connectivity index (χ3n) is 4.26. The van der Waals surface area contributed by atoms with Crippen molar-refractivity contribution >= 4 is 0 Å². The molecular formula is C15H17NO3. The number of fused-ring (bicyclic) bond motifs is 1. The maximum absolute atomic E-state index is 10.8. The quantitative estimate of drug-likeness (QED) is 0.833. The highest BCUT2D eigenvalue weighted by molar-refractivity contribution is 5.38. The van der Waals surface area contributed by atoms with E-state index in [0.717, 1.165) is 17.7 Å². The zero-order valence-electron chi connectivity index (χ0n) is 10.8. The highest BCUT2D eigenvalue weighted by atomic mass is 16.5. The van der Waals surface area contributed by atoms with E-state index in [0.29, 0.717) is 19.4 Å². The van der Waals surface area contributed by atoms with E-state index in [1.165, 1.54) is 0 Å². The van der Waals surface area contributed by atoms with E-state index in [2.05, 4.69) is 6.07 Å². The number of ether oxygens (including phenoxy) is 2. The van der Waals surface area contributed by atoms with Crippen molar-refractivity contribution in [1.29, 1.82) is 5.26 Å². The van der Waals surface area contributed by atoms with Gasteiger partial charge in [0.15, 0.2) is 0 Å². The number of hydrogen-bond acceptors (Lipinski definition) is 4. The summed E-state index contributed by atoms with van der Waals surface area (Å²) in [5.41, 5.74) is -1.05. The maximum atomic E-state index is 10.8. The number of rotatable bonds is 1. The van der Waals surface area contributed by atoms with Crippen molar-refractivity contribution < 1.29 is 14.6 Å². The van der Waals surface area contributed by atoms with Crippen molar-refractivity contribution in [3.63, 3.8) is 0 Å². The minimum atomic E-state index is -1.12. The molecule has 1 aromatic rings. The van der Waals surface area contributed by atoms with Crippen LogP contribution in [-0.2, 0) is 11.2 Å². The van der Waals surface area contributed by atoms with Gasteiger partial charge in [0, 0.05) is 13.0 Å². The van der Waals surface area contributed by atoms with Gasteiger partial charge < -0.3 is 14.6 Å². The predicted octanol–water partition coefficient (Wildman–Crippen LogP) is 1.67. The first-order valence-electron chi connectivity index (χ1n) is 6.61. The van der Waals surface area contributed by atoms with E-state index < -0.39 is 11.0 Å². The van der Waals surface area contributed by atoms with Crippen LogP contribution in [0.4, 0.5) is 0 Å². The normalized spacial score (nSPS) is 33.9. The lowest BCUT2D eigenvalue weighted by molar-refractivity contribution is -0.155. The molecule has 100 valence electrons. The number of hydrogen-bond donors (Lipinski definition) is 1. The van der Waals surface area contributed by atoms with E-state index in [9.17, 15) is 10.4 Å². The highest BCUT2D eigenvalue weighted by Gasteiger charge is 2.54. The van der Waals surface area contributed by atoms with Crippen LogP contribution in [0, 0.1) is 16.7 Å². The van der Waals surface area contributed by atoms with E-state index >= 15 is 0 Å². The van der Waals surface area contributed by atoms with Gasteiger partial charge in [-0.05, 0) is 24.5 Å². The fourth-order valence-electron chi connectivity index (χ4n) is 3.00. The molecule has 3 rings (SSSR count). The van der Waals surface area contributed by atoms with Crippen molar-refractivity contribution in [2.75, 3.05) is 19.8 Å². The summed E-state index contributed by atoms with van der Waals surface area (Å²) < 4.78 is 11.1. The molecule has 2 aliphatic heterocycles. The molecule has 2 unspecified atom stereocenters. The molecular weight excluding hydrogens is 242 g/mol. The first-order valence-corrected chi connectivity index (χ1v) is 6.61. The molecule has 4 nitrogen and oxygen atoms in total. The lowest BCUT2D eigenvalue weighted by atomic mass is 9.66. The van der Waals surface area contributed by atoms with Gasteiger partial charge in [-0.3, -0.25) is 0 Å². The molecule has 1 N–H and O–H groups in total. The number of para-hydroxylation sites is 1. The van der Waals surface area contributed by atoms with Crippen molar-refractivity contribution in [3.8, 4) is 11.8 Å². The molecule has 2 atom stereocenters. The van der Waals surface area contributed by atoms with E-state index in [1.807, 2.05) is 24.3 Å². The number of aliphatic hydroxyl groups is 1. The zero-order chi connectivity index (χ0) is 13.3. The van der Waals surface area contributed by atoms with E-state index in [-0.39, 0.29) is 13.2 Å². The third kappa shape index (κ3) is 1.90. The lowest BCUT2D eigenvalue weighted by Crippen LogP contribution is -2.58. The van der Waals surface area contributed by atoms with Crippen LogP contribution < -0.4 is 4.74 Å². The fraction of sp³-hybridized carbons (Fsp3) is 0.533. The second kappa shape index (κ2) is 4.52. The van der Waals surface area contributed by atoms with Crippen LogP contribution in [0.2, 0.25) is 0 Å². The van der Waals surface area contributed by atoms with Gasteiger partial charge in [0.25, 0.3) is 0 Å². The minimum absolute atomic E-state index is 0.214. The smallest absolute Gasteiger partial charge is 0.126 e. The molecule has 0 aromatic heterocycles. The summed E-state index contributed by atoms with van der Waals surface area (Å²) in [6.07, 6.45) is 1.88. The monoisotopic (exact) mass is 259 g/mol. The summed E-state index contributed by atoms with van der Waals surface area (Å²) in [6, 6.07) is 10.0. The molecule has 2 aliphatic rings. The molecule has 0 saturated carbocycles. The number of nitrogens with zero attached hydrogens (tertiary/aromatic N) is 1. The first kappa shape index (κ1) is 12.5. The van der Waals surface area contributed by atoms with Crippen LogP contribution in [0.15, 0.2) is 24.3 Å². The van der Waals surface area contributed by atoms with Crippen LogP contribution in [0.1, 0.15) is 18.4 Å². The second-order valence-electron chi connectivity index (χ2n) is 5.45. The Morgan fingerprint density at radius 3 is 2.84 bits per heavy atom. The zero-order valence-corrected chi connectivity index (χ0v) is 10.8. The van der Waals surface area contributed by atoms with Crippen molar-refractivity contribution in [2.24, 2.45) is 5.41 Å². The summed E-state index contributed by atoms with van der Waals surface area (Å²) in [6.45, 7) is 1.09. The van der Waals surface area contributed by atoms with Gasteiger partial charge in [-0.1, -0.05) is 18.2 Å². The molecule has 0 spiro atoms. The molecule has 1 aromatic carbocycles. The summed E-state index contributed by atoms with van der Waals surface area (Å²) in [7, 11) is 0. The Balaban J connectivity index is 1.96. The maximum Gasteiger partial charge on any atom is 0.126 e. The molecule has 19 heavy (non-hydrogen) atoms. The molecule has 0 amide bonds. The fourth-order valence-corrected chi connectivity index (χ4v) is 3.00. The Kier molecular flexibility index (Phi) is 2.96. The highest BCUT2D eigenvalue weighted by Crippen LogP contribution is 2.44. The van der Waals surface area contributed by atoms with Gasteiger partial charge in [0.1, 0.15) is 23.4 Å². The van der Waals surface area contributed by atoms with Gasteiger partial charge in [0.2, 0.25) is 0 Å². The summed E-state index contributed by atoms with van der Waals surface area (Å²) >= 11 is 0. The van der Waals surface area contributed by atoms with Crippen LogP contribution >= 0.6 is 0 Å². The number of nitriles is 1. The molecule has 0 radical (unpaired) electrons. The standard InChI is InChI=1S/C15H17NO3/c16-9-14(15(17)6-3-7-18-11-15)8-12-4-1-2-5-13(12)19-10-14/h1-2,4-5,17H,3,6-8,10-11H2. The summed E-state index contributed by atoms with van der Waals surface area (Å²) in [5, 5.41) is 20.5. The third-order valence-corrected chi connectivity index (χ3v) is 4.26. The molecule has 1 fully saturated rings. The molecule has 4 heteroatoms. The second-order valence-corrected chi connectivity index (χ2v) is 5.45. The Hall–Kier alpha value is -1.57. The SMILES string of the molecule is N#CC1(C2(O)CCCOC2)COc2ccccc2C1. The summed E-state index contributed by atoms with van der Waals surface area (Å²) in [5.74, 6) is 0.814. The average Bonchev–Trinajstić information content (AvgIpc) is 2.47. The minimum Gasteiger partial charge on any atom is -0.492 e. The van der Waals surface area contributed by atoms with E-state index in [1.54, 1.807) is 0 Å². The van der Waals surface area contributed by atoms with Crippen molar-refractivity contribution in [1.82, 2.24) is 0 Å². The van der Waals surface area contributed by atoms with Crippen LogP contribution in [0.25, 0.3) is 0 Å². The molecule has 2 heterocycles. The average molecular weight is 259 g/mol. The van der Waals surface area contributed by atoms with E-state index in [4.69, 9.17) is 9.47 Å². The van der Waals surface area contributed by atoms with Crippen LogP contribution in [0.5, 0.6) is 5.75 Å². The van der Waals surface area contributed by atoms with Gasteiger partial charge >= 0.3 is 0 Å². The van der Waals surface area contributed by atoms with Crippen molar-refractivity contribution in [3.05, 3.63) is 29.8 Å². The van der Waals surface area contributed by atoms with Gasteiger partial charge in [-0.2, -0.15) is 5.26 Å². The molecule has 0 bridgehead atoms. The van der Waals surface area contributed by atoms with Gasteiger partial charge in [-0.15, -0.1) is 0 Å². The van der Waals surface area contributed by atoms with Gasteiger partial charge in [-0.25, -0.2) is 0 Å². The Morgan fingerprint density at radius 1 is 1.26 bits per heavy atom. The Bertz CT molecular complexity index is 516. The largest absolute Gasteiger partial charge is 0.492 e. The summed E-state index contributed by atoms with van der Waals surface area (Å²) in [4.78, 5) is 0.